The molecule has 0 spiro atoms. The Kier molecular flexibility index (Phi) is 4.48. The lowest BCUT2D eigenvalue weighted by molar-refractivity contribution is 0.0840. The van der Waals surface area contributed by atoms with Gasteiger partial charge >= 0.3 is 0 Å². The topological polar surface area (TPSA) is 91.8 Å². The molecule has 0 atom stereocenters. The molecule has 120 valence electrons. The molecule has 0 fully saturated rings. The fourth-order valence-corrected chi connectivity index (χ4v) is 2.37. The number of benzene rings is 1. The first-order valence-electron chi connectivity index (χ1n) is 7.04. The summed E-state index contributed by atoms with van der Waals surface area (Å²) in [6, 6.07) is 14.1. The number of rotatable bonds is 3. The fraction of sp³-hybridized carbons (Fsp3) is 0. The van der Waals surface area contributed by atoms with Gasteiger partial charge in [0, 0.05) is 18.1 Å². The number of hydrazine groups is 1. The minimum absolute atomic E-state index is 0.201. The maximum absolute atomic E-state index is 12.4. The highest BCUT2D eigenvalue weighted by molar-refractivity contribution is 7.71. The van der Waals surface area contributed by atoms with Gasteiger partial charge in [-0.2, -0.15) is 0 Å². The van der Waals surface area contributed by atoms with Crippen LogP contribution < -0.4 is 10.9 Å². The Labute approximate surface area is 142 Å². The number of aromatic nitrogens is 3. The summed E-state index contributed by atoms with van der Waals surface area (Å²) in [5, 5.41) is 0. The molecule has 3 N–H and O–H groups in total. The van der Waals surface area contributed by atoms with Crippen LogP contribution in [0, 0.1) is 4.77 Å². The molecule has 24 heavy (non-hydrogen) atoms. The van der Waals surface area contributed by atoms with Gasteiger partial charge in [0.15, 0.2) is 4.77 Å². The largest absolute Gasteiger partial charge is 0.336 e. The minimum atomic E-state index is -0.510. The SMILES string of the molecule is O=C(NNC(=O)c1c[nH]c(=S)n1-c1ccccc1)c1ccccn1. The molecular weight excluding hydrogens is 326 g/mol. The maximum Gasteiger partial charge on any atom is 0.288 e. The number of imidazole rings is 1. The van der Waals surface area contributed by atoms with Crippen molar-refractivity contribution in [3.05, 3.63) is 77.1 Å². The molecular formula is C16H13N5O2S. The quantitative estimate of drug-likeness (QED) is 0.503. The second kappa shape index (κ2) is 6.88. The number of nitrogens with one attached hydrogen (secondary N) is 3. The number of pyridine rings is 1. The van der Waals surface area contributed by atoms with Crippen molar-refractivity contribution < 1.29 is 9.59 Å². The molecule has 8 heteroatoms. The zero-order valence-electron chi connectivity index (χ0n) is 12.4. The molecule has 0 aliphatic heterocycles. The zero-order valence-corrected chi connectivity index (χ0v) is 13.2. The number of aromatic amines is 1. The van der Waals surface area contributed by atoms with Crippen LogP contribution in [0.2, 0.25) is 0 Å². The molecule has 0 aliphatic rings. The van der Waals surface area contributed by atoms with E-state index in [0.717, 1.165) is 5.69 Å². The van der Waals surface area contributed by atoms with Crippen LogP contribution in [-0.2, 0) is 0 Å². The van der Waals surface area contributed by atoms with Gasteiger partial charge in [-0.3, -0.25) is 30.0 Å². The smallest absolute Gasteiger partial charge is 0.288 e. The van der Waals surface area contributed by atoms with Gasteiger partial charge in [-0.1, -0.05) is 24.3 Å². The predicted molar refractivity (Wildman–Crippen MR) is 90.1 cm³/mol. The number of nitrogens with zero attached hydrogens (tertiary/aromatic N) is 2. The van der Waals surface area contributed by atoms with E-state index in [2.05, 4.69) is 20.8 Å². The number of carbonyl (C=O) groups excluding carboxylic acids is 2. The van der Waals surface area contributed by atoms with Gasteiger partial charge in [-0.05, 0) is 36.5 Å². The van der Waals surface area contributed by atoms with Crippen LogP contribution in [0.5, 0.6) is 0 Å². The molecule has 1 aromatic carbocycles. The van der Waals surface area contributed by atoms with Crippen molar-refractivity contribution in [2.45, 2.75) is 0 Å². The van der Waals surface area contributed by atoms with Crippen LogP contribution in [-0.4, -0.2) is 26.3 Å². The van der Waals surface area contributed by atoms with Crippen molar-refractivity contribution >= 4 is 24.0 Å². The Bertz CT molecular complexity index is 918. The highest BCUT2D eigenvalue weighted by Gasteiger charge is 2.15. The van der Waals surface area contributed by atoms with Gasteiger partial charge in [0.05, 0.1) is 0 Å². The van der Waals surface area contributed by atoms with E-state index in [0.29, 0.717) is 4.77 Å². The van der Waals surface area contributed by atoms with Gasteiger partial charge in [0.25, 0.3) is 11.8 Å². The van der Waals surface area contributed by atoms with Crippen molar-refractivity contribution in [3.63, 3.8) is 0 Å². The Balaban J connectivity index is 1.77. The van der Waals surface area contributed by atoms with Gasteiger partial charge in [-0.25, -0.2) is 0 Å². The van der Waals surface area contributed by atoms with Gasteiger partial charge in [0.2, 0.25) is 0 Å². The van der Waals surface area contributed by atoms with Crippen LogP contribution in [0.15, 0.2) is 60.9 Å². The Morgan fingerprint density at radius 2 is 1.71 bits per heavy atom. The first kappa shape index (κ1) is 15.6. The predicted octanol–water partition coefficient (Wildman–Crippen LogP) is 2.00. The molecule has 2 aromatic heterocycles. The number of hydrogen-bond acceptors (Lipinski definition) is 4. The summed E-state index contributed by atoms with van der Waals surface area (Å²) in [6.07, 6.45) is 2.98. The van der Waals surface area contributed by atoms with Crippen molar-refractivity contribution in [2.75, 3.05) is 0 Å². The highest BCUT2D eigenvalue weighted by atomic mass is 32.1. The normalized spacial score (nSPS) is 10.2. The lowest BCUT2D eigenvalue weighted by Gasteiger charge is -2.09. The Hall–Kier alpha value is -3.26. The Morgan fingerprint density at radius 3 is 2.42 bits per heavy atom. The molecule has 0 saturated carbocycles. The van der Waals surface area contributed by atoms with E-state index in [9.17, 15) is 9.59 Å². The van der Waals surface area contributed by atoms with Crippen LogP contribution in [0.4, 0.5) is 0 Å². The number of para-hydroxylation sites is 1. The second-order valence-electron chi connectivity index (χ2n) is 4.77. The summed E-state index contributed by atoms with van der Waals surface area (Å²) in [5.74, 6) is -1.01. The minimum Gasteiger partial charge on any atom is -0.336 e. The third kappa shape index (κ3) is 3.23. The highest BCUT2D eigenvalue weighted by Crippen LogP contribution is 2.12. The third-order valence-electron chi connectivity index (χ3n) is 3.21. The standard InChI is InChI=1S/C16H13N5O2S/c22-14(12-8-4-5-9-17-12)19-20-15(23)13-10-18-16(24)21(13)11-6-2-1-3-7-11/h1-10H,(H,18,24)(H,19,22)(H,20,23). The van der Waals surface area contributed by atoms with Crippen LogP contribution >= 0.6 is 12.2 Å². The number of carbonyl (C=O) groups is 2. The zero-order chi connectivity index (χ0) is 16.9. The summed E-state index contributed by atoms with van der Waals surface area (Å²) in [4.78, 5) is 31.0. The number of amides is 2. The fourth-order valence-electron chi connectivity index (χ4n) is 2.11. The van der Waals surface area contributed by atoms with Crippen LogP contribution in [0.25, 0.3) is 5.69 Å². The van der Waals surface area contributed by atoms with E-state index in [1.165, 1.54) is 12.4 Å². The molecule has 0 bridgehead atoms. The second-order valence-corrected chi connectivity index (χ2v) is 5.16. The molecule has 3 aromatic rings. The molecule has 2 amide bonds. The summed E-state index contributed by atoms with van der Waals surface area (Å²) in [7, 11) is 0. The van der Waals surface area contributed by atoms with Crippen molar-refractivity contribution in [1.82, 2.24) is 25.4 Å². The average molecular weight is 339 g/mol. The van der Waals surface area contributed by atoms with Gasteiger partial charge < -0.3 is 4.98 Å². The van der Waals surface area contributed by atoms with Gasteiger partial charge in [0.1, 0.15) is 11.4 Å². The molecule has 0 saturated heterocycles. The van der Waals surface area contributed by atoms with E-state index in [4.69, 9.17) is 12.2 Å². The summed E-state index contributed by atoms with van der Waals surface area (Å²) in [5.41, 5.74) is 5.89. The van der Waals surface area contributed by atoms with E-state index in [-0.39, 0.29) is 11.4 Å². The van der Waals surface area contributed by atoms with Crippen molar-refractivity contribution in [1.29, 1.82) is 0 Å². The maximum atomic E-state index is 12.4. The van der Waals surface area contributed by atoms with E-state index in [1.54, 1.807) is 22.8 Å². The first-order chi connectivity index (χ1) is 11.7. The molecule has 0 radical (unpaired) electrons. The van der Waals surface area contributed by atoms with Crippen LogP contribution in [0.3, 0.4) is 0 Å². The van der Waals surface area contributed by atoms with Crippen LogP contribution in [0.1, 0.15) is 21.0 Å². The molecule has 7 nitrogen and oxygen atoms in total. The number of H-pyrrole nitrogens is 1. The average Bonchev–Trinajstić information content (AvgIpc) is 3.02. The first-order valence-corrected chi connectivity index (χ1v) is 7.45. The lowest BCUT2D eigenvalue weighted by atomic mass is 10.3. The molecule has 2 heterocycles. The van der Waals surface area contributed by atoms with Gasteiger partial charge in [-0.15, -0.1) is 0 Å². The number of hydrogen-bond donors (Lipinski definition) is 3. The van der Waals surface area contributed by atoms with E-state index < -0.39 is 11.8 Å². The Morgan fingerprint density at radius 1 is 1.00 bits per heavy atom. The van der Waals surface area contributed by atoms with Crippen molar-refractivity contribution in [3.8, 4) is 5.69 Å². The van der Waals surface area contributed by atoms with Crippen molar-refractivity contribution in [2.24, 2.45) is 0 Å². The third-order valence-corrected chi connectivity index (χ3v) is 3.51. The van der Waals surface area contributed by atoms with E-state index >= 15 is 0 Å². The van der Waals surface area contributed by atoms with E-state index in [1.807, 2.05) is 30.3 Å². The molecule has 0 unspecified atom stereocenters. The lowest BCUT2D eigenvalue weighted by Crippen LogP contribution is -2.42. The molecule has 3 rings (SSSR count). The molecule has 0 aliphatic carbocycles. The summed E-state index contributed by atoms with van der Waals surface area (Å²) >= 11 is 5.22. The summed E-state index contributed by atoms with van der Waals surface area (Å²) < 4.78 is 1.96. The summed E-state index contributed by atoms with van der Waals surface area (Å²) in [6.45, 7) is 0. The monoisotopic (exact) mass is 339 g/mol.